The first-order valence-corrected chi connectivity index (χ1v) is 14.6. The number of nitrogens with one attached hydrogen (secondary N) is 1. The number of carbonyl (C=O) groups is 2. The quantitative estimate of drug-likeness (QED) is 0.360. The molecule has 0 unspecified atom stereocenters. The van der Waals surface area contributed by atoms with Crippen LogP contribution in [0.25, 0.3) is 0 Å². The van der Waals surface area contributed by atoms with Gasteiger partial charge in [0.25, 0.3) is 0 Å². The third-order valence-corrected chi connectivity index (χ3v) is 7.82. The maximum absolute atomic E-state index is 13.3. The van der Waals surface area contributed by atoms with Crippen molar-refractivity contribution in [3.63, 3.8) is 0 Å². The number of hydrogen-bond acceptors (Lipinski definition) is 4. The second-order valence-corrected chi connectivity index (χ2v) is 11.9. The third-order valence-electron chi connectivity index (χ3n) is 5.79. The standard InChI is InChI=1S/C25H32Cl3N3O4S/c1-5-17(2)29-25(33)18(3)30(16-19-8-9-21(27)15-23(19)28)24(32)7-6-14-31(36(4,34)35)22-12-10-20(26)11-13-22/h8-13,15,17-18H,5-7,14,16H2,1-4H3,(H,29,33)/t17-,18+/m0/s1. The maximum Gasteiger partial charge on any atom is 0.242 e. The number of carbonyl (C=O) groups excluding carboxylic acids is 2. The SMILES string of the molecule is CC[C@H](C)NC(=O)[C@@H](C)N(Cc1ccc(Cl)cc1Cl)C(=O)CCCN(c1ccc(Cl)cc1)S(C)(=O)=O. The minimum atomic E-state index is -3.58. The number of anilines is 1. The van der Waals surface area contributed by atoms with E-state index in [9.17, 15) is 18.0 Å². The molecule has 198 valence electrons. The Bertz CT molecular complexity index is 1160. The summed E-state index contributed by atoms with van der Waals surface area (Å²) in [5, 5.41) is 4.25. The summed E-state index contributed by atoms with van der Waals surface area (Å²) in [6, 6.07) is 10.6. The summed E-state index contributed by atoms with van der Waals surface area (Å²) in [7, 11) is -3.58. The molecule has 0 spiro atoms. The molecule has 0 aliphatic heterocycles. The monoisotopic (exact) mass is 575 g/mol. The van der Waals surface area contributed by atoms with Crippen molar-refractivity contribution in [3.05, 3.63) is 63.1 Å². The van der Waals surface area contributed by atoms with Gasteiger partial charge in [-0.05, 0) is 68.7 Å². The first kappa shape index (κ1) is 30.2. The lowest BCUT2D eigenvalue weighted by Crippen LogP contribution is -2.49. The van der Waals surface area contributed by atoms with Crippen molar-refractivity contribution >= 4 is 62.3 Å². The van der Waals surface area contributed by atoms with Crippen LogP contribution < -0.4 is 9.62 Å². The fourth-order valence-corrected chi connectivity index (χ4v) is 5.05. The van der Waals surface area contributed by atoms with Gasteiger partial charge >= 0.3 is 0 Å². The summed E-state index contributed by atoms with van der Waals surface area (Å²) in [6.07, 6.45) is 2.14. The molecular formula is C25H32Cl3N3O4S. The molecule has 36 heavy (non-hydrogen) atoms. The second kappa shape index (κ2) is 13.5. The van der Waals surface area contributed by atoms with Gasteiger partial charge in [0, 0.05) is 40.6 Å². The first-order chi connectivity index (χ1) is 16.8. The van der Waals surface area contributed by atoms with Gasteiger partial charge in [0.2, 0.25) is 21.8 Å². The van der Waals surface area contributed by atoms with E-state index in [-0.39, 0.29) is 43.8 Å². The van der Waals surface area contributed by atoms with Crippen molar-refractivity contribution in [1.82, 2.24) is 10.2 Å². The first-order valence-electron chi connectivity index (χ1n) is 11.6. The number of halogens is 3. The van der Waals surface area contributed by atoms with Crippen molar-refractivity contribution in [2.75, 3.05) is 17.1 Å². The molecule has 0 aliphatic carbocycles. The number of nitrogens with zero attached hydrogens (tertiary/aromatic N) is 2. The zero-order valence-corrected chi connectivity index (χ0v) is 23.9. The molecular weight excluding hydrogens is 545 g/mol. The Kier molecular flexibility index (Phi) is 11.3. The molecule has 2 aromatic rings. The normalized spacial score (nSPS) is 13.1. The van der Waals surface area contributed by atoms with Crippen LogP contribution in [-0.2, 0) is 26.2 Å². The van der Waals surface area contributed by atoms with Crippen LogP contribution in [0, 0.1) is 0 Å². The number of hydrogen-bond donors (Lipinski definition) is 1. The maximum atomic E-state index is 13.3. The van der Waals surface area contributed by atoms with Crippen LogP contribution >= 0.6 is 34.8 Å². The average molecular weight is 577 g/mol. The van der Waals surface area contributed by atoms with Crippen LogP contribution in [0.1, 0.15) is 45.6 Å². The average Bonchev–Trinajstić information content (AvgIpc) is 2.80. The highest BCUT2D eigenvalue weighted by molar-refractivity contribution is 7.92. The van der Waals surface area contributed by atoms with Crippen molar-refractivity contribution in [2.45, 2.75) is 58.7 Å². The van der Waals surface area contributed by atoms with Gasteiger partial charge in [-0.2, -0.15) is 0 Å². The number of rotatable bonds is 12. The number of benzene rings is 2. The van der Waals surface area contributed by atoms with E-state index in [1.54, 1.807) is 49.4 Å². The smallest absolute Gasteiger partial charge is 0.242 e. The molecule has 0 saturated carbocycles. The summed E-state index contributed by atoms with van der Waals surface area (Å²) in [5.41, 5.74) is 1.11. The van der Waals surface area contributed by atoms with Gasteiger partial charge in [-0.1, -0.05) is 47.8 Å². The molecule has 2 aromatic carbocycles. The molecule has 0 aromatic heterocycles. The lowest BCUT2D eigenvalue weighted by molar-refractivity contribution is -0.140. The second-order valence-electron chi connectivity index (χ2n) is 8.67. The predicted molar refractivity (Wildman–Crippen MR) is 147 cm³/mol. The lowest BCUT2D eigenvalue weighted by atomic mass is 10.1. The van der Waals surface area contributed by atoms with Crippen LogP contribution in [0.5, 0.6) is 0 Å². The minimum Gasteiger partial charge on any atom is -0.352 e. The zero-order valence-electron chi connectivity index (χ0n) is 20.8. The molecule has 0 saturated heterocycles. The topological polar surface area (TPSA) is 86.8 Å². The van der Waals surface area contributed by atoms with Crippen LogP contribution in [0.2, 0.25) is 15.1 Å². The summed E-state index contributed by atoms with van der Waals surface area (Å²) < 4.78 is 26.0. The van der Waals surface area contributed by atoms with E-state index in [1.807, 2.05) is 13.8 Å². The fourth-order valence-electron chi connectivity index (χ4n) is 3.49. The molecule has 2 atom stereocenters. The third kappa shape index (κ3) is 8.83. The Balaban J connectivity index is 2.20. The van der Waals surface area contributed by atoms with Crippen LogP contribution in [0.4, 0.5) is 5.69 Å². The molecule has 2 amide bonds. The Labute approximate surface area is 228 Å². The van der Waals surface area contributed by atoms with Crippen molar-refractivity contribution in [1.29, 1.82) is 0 Å². The molecule has 2 rings (SSSR count). The lowest BCUT2D eigenvalue weighted by Gasteiger charge is -2.30. The van der Waals surface area contributed by atoms with Gasteiger partial charge in [-0.15, -0.1) is 0 Å². The van der Waals surface area contributed by atoms with Gasteiger partial charge in [-0.3, -0.25) is 13.9 Å². The minimum absolute atomic E-state index is 0.0335. The molecule has 0 heterocycles. The van der Waals surface area contributed by atoms with E-state index in [2.05, 4.69) is 5.32 Å². The molecule has 11 heteroatoms. The largest absolute Gasteiger partial charge is 0.352 e. The summed E-state index contributed by atoms with van der Waals surface area (Å²) >= 11 is 18.3. The van der Waals surface area contributed by atoms with Gasteiger partial charge in [0.1, 0.15) is 6.04 Å². The molecule has 0 bridgehead atoms. The van der Waals surface area contributed by atoms with E-state index in [0.717, 1.165) is 12.7 Å². The van der Waals surface area contributed by atoms with Crippen LogP contribution in [0.3, 0.4) is 0 Å². The predicted octanol–water partition coefficient (Wildman–Crippen LogP) is 5.53. The Morgan fingerprint density at radius 1 is 1.00 bits per heavy atom. The molecule has 0 fully saturated rings. The van der Waals surface area contributed by atoms with E-state index in [0.29, 0.717) is 26.3 Å². The van der Waals surface area contributed by atoms with Crippen molar-refractivity contribution < 1.29 is 18.0 Å². The fraction of sp³-hybridized carbons (Fsp3) is 0.440. The van der Waals surface area contributed by atoms with Gasteiger partial charge in [-0.25, -0.2) is 8.42 Å². The number of amides is 2. The molecule has 0 radical (unpaired) electrons. The molecule has 7 nitrogen and oxygen atoms in total. The van der Waals surface area contributed by atoms with Crippen molar-refractivity contribution in [2.24, 2.45) is 0 Å². The van der Waals surface area contributed by atoms with Gasteiger partial charge in [0.05, 0.1) is 11.9 Å². The zero-order chi connectivity index (χ0) is 27.0. The highest BCUT2D eigenvalue weighted by atomic mass is 35.5. The Morgan fingerprint density at radius 3 is 2.17 bits per heavy atom. The van der Waals surface area contributed by atoms with E-state index < -0.39 is 16.1 Å². The van der Waals surface area contributed by atoms with Gasteiger partial charge < -0.3 is 10.2 Å². The summed E-state index contributed by atoms with van der Waals surface area (Å²) in [5.74, 6) is -0.570. The van der Waals surface area contributed by atoms with Gasteiger partial charge in [0.15, 0.2) is 0 Å². The van der Waals surface area contributed by atoms with Crippen LogP contribution in [-0.4, -0.2) is 50.0 Å². The Morgan fingerprint density at radius 2 is 1.61 bits per heavy atom. The highest BCUT2D eigenvalue weighted by Crippen LogP contribution is 2.24. The summed E-state index contributed by atoms with van der Waals surface area (Å²) in [6.45, 7) is 5.71. The summed E-state index contributed by atoms with van der Waals surface area (Å²) in [4.78, 5) is 27.6. The van der Waals surface area contributed by atoms with E-state index >= 15 is 0 Å². The Hall–Kier alpha value is -2.00. The molecule has 0 aliphatic rings. The van der Waals surface area contributed by atoms with Crippen LogP contribution in [0.15, 0.2) is 42.5 Å². The van der Waals surface area contributed by atoms with E-state index in [1.165, 1.54) is 9.21 Å². The number of sulfonamides is 1. The highest BCUT2D eigenvalue weighted by Gasteiger charge is 2.27. The molecule has 1 N–H and O–H groups in total. The van der Waals surface area contributed by atoms with E-state index in [4.69, 9.17) is 34.8 Å². The van der Waals surface area contributed by atoms with Crippen molar-refractivity contribution in [3.8, 4) is 0 Å².